The average Bonchev–Trinajstić information content (AvgIpc) is 3.24. The van der Waals surface area contributed by atoms with Crippen molar-refractivity contribution < 1.29 is 4.79 Å². The van der Waals surface area contributed by atoms with Crippen molar-refractivity contribution in [3.05, 3.63) is 36.7 Å². The van der Waals surface area contributed by atoms with Crippen molar-refractivity contribution in [3.8, 4) is 11.8 Å². The molecule has 7 heteroatoms. The topological polar surface area (TPSA) is 83.6 Å². The fourth-order valence-electron chi connectivity index (χ4n) is 2.70. The highest BCUT2D eigenvalue weighted by Crippen LogP contribution is 2.29. The summed E-state index contributed by atoms with van der Waals surface area (Å²) in [6, 6.07) is 11.9. The predicted molar refractivity (Wildman–Crippen MR) is 87.0 cm³/mol. The number of thioether (sulfide) groups is 1. The van der Waals surface area contributed by atoms with Gasteiger partial charge in [-0.2, -0.15) is 5.26 Å². The lowest BCUT2D eigenvalue weighted by molar-refractivity contribution is -0.119. The smallest absolute Gasteiger partial charge is 0.231 e. The zero-order valence-corrected chi connectivity index (χ0v) is 13.4. The molecule has 1 amide bonds. The molecule has 1 aliphatic carbocycles. The van der Waals surface area contributed by atoms with Crippen LogP contribution in [0.2, 0.25) is 0 Å². The van der Waals surface area contributed by atoms with Gasteiger partial charge in [0.1, 0.15) is 11.9 Å². The Balaban J connectivity index is 1.56. The molecule has 0 saturated heterocycles. The molecule has 23 heavy (non-hydrogen) atoms. The molecule has 0 atom stereocenters. The first-order valence-corrected chi connectivity index (χ1v) is 8.51. The SMILES string of the molecule is N#CC1(NC(=O)CSc2ncn(-c3ccccc3)n2)CCCC1. The van der Waals surface area contributed by atoms with Crippen molar-refractivity contribution in [1.29, 1.82) is 5.26 Å². The molecule has 1 N–H and O–H groups in total. The maximum atomic E-state index is 12.1. The molecule has 2 aromatic rings. The Kier molecular flexibility index (Phi) is 4.63. The van der Waals surface area contributed by atoms with Gasteiger partial charge < -0.3 is 5.32 Å². The molecular weight excluding hydrogens is 310 g/mol. The van der Waals surface area contributed by atoms with E-state index >= 15 is 0 Å². The first-order valence-electron chi connectivity index (χ1n) is 7.53. The van der Waals surface area contributed by atoms with E-state index in [-0.39, 0.29) is 11.7 Å². The molecule has 6 nitrogen and oxygen atoms in total. The number of nitriles is 1. The number of benzene rings is 1. The number of rotatable bonds is 5. The zero-order valence-electron chi connectivity index (χ0n) is 12.6. The highest BCUT2D eigenvalue weighted by molar-refractivity contribution is 7.99. The first-order chi connectivity index (χ1) is 11.2. The molecule has 0 bridgehead atoms. The lowest BCUT2D eigenvalue weighted by Crippen LogP contribution is -2.45. The van der Waals surface area contributed by atoms with Crippen LogP contribution in [0.3, 0.4) is 0 Å². The summed E-state index contributed by atoms with van der Waals surface area (Å²) in [5.41, 5.74) is 0.250. The minimum Gasteiger partial charge on any atom is -0.337 e. The molecule has 1 saturated carbocycles. The summed E-state index contributed by atoms with van der Waals surface area (Å²) >= 11 is 1.27. The number of aromatic nitrogens is 3. The average molecular weight is 327 g/mol. The summed E-state index contributed by atoms with van der Waals surface area (Å²) in [6.45, 7) is 0. The van der Waals surface area contributed by atoms with E-state index in [4.69, 9.17) is 0 Å². The number of carbonyl (C=O) groups is 1. The van der Waals surface area contributed by atoms with Gasteiger partial charge in [-0.1, -0.05) is 30.0 Å². The van der Waals surface area contributed by atoms with E-state index in [1.165, 1.54) is 11.8 Å². The van der Waals surface area contributed by atoms with E-state index in [0.717, 1.165) is 31.4 Å². The Morgan fingerprint density at radius 3 is 2.78 bits per heavy atom. The molecule has 1 aromatic heterocycles. The highest BCUT2D eigenvalue weighted by atomic mass is 32.2. The third kappa shape index (κ3) is 3.71. The molecule has 3 rings (SSSR count). The number of nitrogens with one attached hydrogen (secondary N) is 1. The normalized spacial score (nSPS) is 16.0. The van der Waals surface area contributed by atoms with Crippen LogP contribution in [0.4, 0.5) is 0 Å². The summed E-state index contributed by atoms with van der Waals surface area (Å²) in [4.78, 5) is 16.3. The van der Waals surface area contributed by atoms with Crippen molar-refractivity contribution in [2.75, 3.05) is 5.75 Å². The zero-order chi connectivity index (χ0) is 16.1. The van der Waals surface area contributed by atoms with Crippen LogP contribution in [0, 0.1) is 11.3 Å². The van der Waals surface area contributed by atoms with Crippen LogP contribution >= 0.6 is 11.8 Å². The molecule has 0 unspecified atom stereocenters. The minimum absolute atomic E-state index is 0.144. The molecule has 118 valence electrons. The monoisotopic (exact) mass is 327 g/mol. The maximum absolute atomic E-state index is 12.1. The van der Waals surface area contributed by atoms with Gasteiger partial charge >= 0.3 is 0 Å². The van der Waals surface area contributed by atoms with Gasteiger partial charge in [0.25, 0.3) is 0 Å². The number of amides is 1. The van der Waals surface area contributed by atoms with Crippen molar-refractivity contribution in [3.63, 3.8) is 0 Å². The van der Waals surface area contributed by atoms with Gasteiger partial charge in [0.05, 0.1) is 17.5 Å². The van der Waals surface area contributed by atoms with Crippen molar-refractivity contribution in [2.24, 2.45) is 0 Å². The molecule has 1 heterocycles. The fourth-order valence-corrected chi connectivity index (χ4v) is 3.30. The standard InChI is InChI=1S/C16H17N5OS/c17-11-16(8-4-5-9-16)19-14(22)10-23-15-18-12-21(20-15)13-6-2-1-3-7-13/h1-3,6-7,12H,4-5,8-10H2,(H,19,22). The van der Waals surface area contributed by atoms with E-state index in [0.29, 0.717) is 5.16 Å². The Labute approximate surface area is 138 Å². The number of para-hydroxylation sites is 1. The summed E-state index contributed by atoms with van der Waals surface area (Å²) in [5.74, 6) is 0.0666. The van der Waals surface area contributed by atoms with Gasteiger partial charge in [-0.15, -0.1) is 5.10 Å². The number of hydrogen-bond donors (Lipinski definition) is 1. The molecule has 1 aromatic carbocycles. The van der Waals surface area contributed by atoms with Gasteiger partial charge in [0, 0.05) is 0 Å². The van der Waals surface area contributed by atoms with Crippen molar-refractivity contribution in [1.82, 2.24) is 20.1 Å². The van der Waals surface area contributed by atoms with Crippen LogP contribution in [0.15, 0.2) is 41.8 Å². The van der Waals surface area contributed by atoms with Gasteiger partial charge in [0.15, 0.2) is 0 Å². The van der Waals surface area contributed by atoms with Gasteiger partial charge in [-0.25, -0.2) is 9.67 Å². The molecule has 0 spiro atoms. The Morgan fingerprint density at radius 2 is 2.09 bits per heavy atom. The Bertz CT molecular complexity index is 716. The van der Waals surface area contributed by atoms with E-state index in [9.17, 15) is 10.1 Å². The van der Waals surface area contributed by atoms with E-state index in [1.54, 1.807) is 11.0 Å². The summed E-state index contributed by atoms with van der Waals surface area (Å²) in [7, 11) is 0. The minimum atomic E-state index is -0.672. The Hall–Kier alpha value is -2.33. The lowest BCUT2D eigenvalue weighted by Gasteiger charge is -2.21. The first kappa shape index (κ1) is 15.6. The van der Waals surface area contributed by atoms with E-state index in [1.807, 2.05) is 30.3 Å². The summed E-state index contributed by atoms with van der Waals surface area (Å²) < 4.78 is 1.67. The third-order valence-electron chi connectivity index (χ3n) is 3.87. The molecule has 0 radical (unpaired) electrons. The van der Waals surface area contributed by atoms with Crippen LogP contribution in [-0.2, 0) is 4.79 Å². The molecule has 1 aliphatic rings. The molecule has 1 fully saturated rings. The van der Waals surface area contributed by atoms with Crippen LogP contribution in [-0.4, -0.2) is 32.0 Å². The number of nitrogens with zero attached hydrogens (tertiary/aromatic N) is 4. The molecular formula is C16H17N5OS. The third-order valence-corrected chi connectivity index (χ3v) is 4.73. The Morgan fingerprint density at radius 1 is 1.35 bits per heavy atom. The quantitative estimate of drug-likeness (QED) is 0.852. The van der Waals surface area contributed by atoms with Gasteiger partial charge in [0.2, 0.25) is 11.1 Å². The van der Waals surface area contributed by atoms with Gasteiger partial charge in [-0.3, -0.25) is 4.79 Å². The molecule has 0 aliphatic heterocycles. The number of carbonyl (C=O) groups excluding carboxylic acids is 1. The lowest BCUT2D eigenvalue weighted by atomic mass is 10.0. The van der Waals surface area contributed by atoms with Gasteiger partial charge in [-0.05, 0) is 37.8 Å². The van der Waals surface area contributed by atoms with Crippen molar-refractivity contribution in [2.45, 2.75) is 36.4 Å². The van der Waals surface area contributed by atoms with E-state index < -0.39 is 5.54 Å². The summed E-state index contributed by atoms with van der Waals surface area (Å²) in [5, 5.41) is 17.0. The largest absolute Gasteiger partial charge is 0.337 e. The fraction of sp³-hybridized carbons (Fsp3) is 0.375. The van der Waals surface area contributed by atoms with Crippen LogP contribution in [0.25, 0.3) is 5.69 Å². The van der Waals surface area contributed by atoms with E-state index in [2.05, 4.69) is 21.5 Å². The highest BCUT2D eigenvalue weighted by Gasteiger charge is 2.35. The second-order valence-corrected chi connectivity index (χ2v) is 6.49. The second-order valence-electron chi connectivity index (χ2n) is 5.55. The van der Waals surface area contributed by atoms with Crippen LogP contribution < -0.4 is 5.32 Å². The maximum Gasteiger partial charge on any atom is 0.231 e. The summed E-state index contributed by atoms with van der Waals surface area (Å²) in [6.07, 6.45) is 5.08. The predicted octanol–water partition coefficient (Wildman–Crippen LogP) is 2.31. The number of hydrogen-bond acceptors (Lipinski definition) is 5. The van der Waals surface area contributed by atoms with Crippen LogP contribution in [0.1, 0.15) is 25.7 Å². The van der Waals surface area contributed by atoms with Crippen LogP contribution in [0.5, 0.6) is 0 Å². The van der Waals surface area contributed by atoms with Crippen molar-refractivity contribution >= 4 is 17.7 Å². The second kappa shape index (κ2) is 6.84.